The minimum absolute atomic E-state index is 0.466. The molecule has 2 N–H and O–H groups in total. The molecule has 1 aromatic heterocycles. The number of nitrogens with zero attached hydrogens (tertiary/aromatic N) is 2. The van der Waals surface area contributed by atoms with Crippen molar-refractivity contribution in [1.82, 2.24) is 14.9 Å². The van der Waals surface area contributed by atoms with Gasteiger partial charge >= 0.3 is 6.09 Å². The van der Waals surface area contributed by atoms with Crippen molar-refractivity contribution in [1.29, 1.82) is 0 Å². The first-order valence-corrected chi connectivity index (χ1v) is 7.95. The summed E-state index contributed by atoms with van der Waals surface area (Å²) in [6, 6.07) is 9.13. The Bertz CT molecular complexity index is 662. The van der Waals surface area contributed by atoms with Gasteiger partial charge in [0.15, 0.2) is 0 Å². The smallest absolute Gasteiger partial charge is 0.407 e. The highest BCUT2D eigenvalue weighted by Gasteiger charge is 2.28. The average Bonchev–Trinajstić information content (AvgIpc) is 2.91. The lowest BCUT2D eigenvalue weighted by atomic mass is 10.0. The van der Waals surface area contributed by atoms with E-state index in [0.717, 1.165) is 5.56 Å². The molecule has 0 radical (unpaired) electrons. The Balaban J connectivity index is 2.18. The number of aryl methyl sites for hydroxylation is 1. The van der Waals surface area contributed by atoms with E-state index >= 15 is 0 Å². The van der Waals surface area contributed by atoms with Crippen molar-refractivity contribution in [2.75, 3.05) is 0 Å². The van der Waals surface area contributed by atoms with Crippen LogP contribution in [0.15, 0.2) is 42.7 Å². The number of hydrogen-bond acceptors (Lipinski definition) is 4. The lowest BCUT2D eigenvalue weighted by molar-refractivity contribution is 0.0409. The molecule has 2 aromatic rings. The lowest BCUT2D eigenvalue weighted by Crippen LogP contribution is -2.44. The highest BCUT2D eigenvalue weighted by molar-refractivity contribution is 5.68. The van der Waals surface area contributed by atoms with E-state index in [4.69, 9.17) is 4.74 Å². The van der Waals surface area contributed by atoms with E-state index in [1.165, 1.54) is 0 Å². The van der Waals surface area contributed by atoms with E-state index in [-0.39, 0.29) is 0 Å². The van der Waals surface area contributed by atoms with E-state index in [1.54, 1.807) is 44.8 Å². The molecule has 0 saturated heterocycles. The largest absolute Gasteiger partial charge is 0.444 e. The van der Waals surface area contributed by atoms with Crippen molar-refractivity contribution in [3.8, 4) is 0 Å². The van der Waals surface area contributed by atoms with Crippen molar-refractivity contribution in [3.63, 3.8) is 0 Å². The third kappa shape index (κ3) is 5.09. The van der Waals surface area contributed by atoms with Gasteiger partial charge in [0.05, 0.1) is 6.04 Å². The summed E-state index contributed by atoms with van der Waals surface area (Å²) < 4.78 is 7.05. The van der Waals surface area contributed by atoms with Gasteiger partial charge in [0.25, 0.3) is 0 Å². The molecule has 0 bridgehead atoms. The molecule has 1 heterocycles. The van der Waals surface area contributed by atoms with E-state index in [1.807, 2.05) is 30.3 Å². The number of amides is 1. The van der Waals surface area contributed by atoms with Crippen LogP contribution in [0.5, 0.6) is 0 Å². The number of alkyl carbamates (subject to hydrolysis) is 1. The van der Waals surface area contributed by atoms with Gasteiger partial charge in [0.2, 0.25) is 0 Å². The van der Waals surface area contributed by atoms with Crippen molar-refractivity contribution in [2.45, 2.75) is 44.9 Å². The van der Waals surface area contributed by atoms with Gasteiger partial charge < -0.3 is 19.7 Å². The maximum absolute atomic E-state index is 12.1. The Morgan fingerprint density at radius 3 is 2.54 bits per heavy atom. The minimum Gasteiger partial charge on any atom is -0.444 e. The van der Waals surface area contributed by atoms with E-state index in [9.17, 15) is 9.90 Å². The van der Waals surface area contributed by atoms with Crippen LogP contribution in [0.3, 0.4) is 0 Å². The molecule has 0 fully saturated rings. The molecule has 6 nitrogen and oxygen atoms in total. The van der Waals surface area contributed by atoms with Crippen LogP contribution in [0.25, 0.3) is 0 Å². The third-order valence-corrected chi connectivity index (χ3v) is 3.50. The highest BCUT2D eigenvalue weighted by Crippen LogP contribution is 2.19. The van der Waals surface area contributed by atoms with Crippen molar-refractivity contribution < 1.29 is 14.6 Å². The number of rotatable bonds is 5. The van der Waals surface area contributed by atoms with E-state index < -0.39 is 23.8 Å². The first-order valence-electron chi connectivity index (χ1n) is 7.95. The Morgan fingerprint density at radius 2 is 2.00 bits per heavy atom. The predicted octanol–water partition coefficient (Wildman–Crippen LogP) is 2.59. The van der Waals surface area contributed by atoms with Gasteiger partial charge in [-0.15, -0.1) is 0 Å². The zero-order valence-corrected chi connectivity index (χ0v) is 14.6. The van der Waals surface area contributed by atoms with Crippen molar-refractivity contribution in [2.24, 2.45) is 7.05 Å². The Hall–Kier alpha value is -2.34. The van der Waals surface area contributed by atoms with E-state index in [0.29, 0.717) is 12.2 Å². The molecule has 2 rings (SSSR count). The van der Waals surface area contributed by atoms with Crippen LogP contribution in [0.4, 0.5) is 4.79 Å². The molecule has 130 valence electrons. The molecule has 1 amide bonds. The molecule has 2 unspecified atom stereocenters. The number of nitrogens with one attached hydrogen (secondary N) is 1. The number of aliphatic hydroxyl groups is 1. The maximum atomic E-state index is 12.1. The zero-order valence-electron chi connectivity index (χ0n) is 14.6. The quantitative estimate of drug-likeness (QED) is 0.883. The summed E-state index contributed by atoms with van der Waals surface area (Å²) in [5, 5.41) is 13.5. The number of benzene rings is 1. The standard InChI is InChI=1S/C18H25N3O3/c1-18(2,3)24-17(23)20-14(12-13-8-6-5-7-9-13)15(22)16-19-10-11-21(16)4/h5-11,14-15,22H,12H2,1-4H3,(H,20,23). The second-order valence-corrected chi connectivity index (χ2v) is 6.78. The normalized spacial score (nSPS) is 14.0. The van der Waals surface area contributed by atoms with Gasteiger partial charge in [0.1, 0.15) is 17.5 Å². The van der Waals surface area contributed by atoms with Crippen LogP contribution in [0, 0.1) is 0 Å². The number of imidazole rings is 1. The molecule has 2 atom stereocenters. The second-order valence-electron chi connectivity index (χ2n) is 6.78. The molecule has 0 aliphatic carbocycles. The molecular formula is C18H25N3O3. The summed E-state index contributed by atoms with van der Waals surface area (Å²) in [5.74, 6) is 0.493. The number of carbonyl (C=O) groups excluding carboxylic acids is 1. The summed E-state index contributed by atoms with van der Waals surface area (Å²) in [6.07, 6.45) is 2.33. The fourth-order valence-electron chi connectivity index (χ4n) is 2.41. The summed E-state index contributed by atoms with van der Waals surface area (Å²) in [4.78, 5) is 16.3. The fraction of sp³-hybridized carbons (Fsp3) is 0.444. The van der Waals surface area contributed by atoms with Crippen LogP contribution >= 0.6 is 0 Å². The predicted molar refractivity (Wildman–Crippen MR) is 91.5 cm³/mol. The Kier molecular flexibility index (Phi) is 5.62. The van der Waals surface area contributed by atoms with Crippen LogP contribution in [-0.2, 0) is 18.2 Å². The van der Waals surface area contributed by atoms with Gasteiger partial charge in [-0.2, -0.15) is 0 Å². The maximum Gasteiger partial charge on any atom is 0.407 e. The molecule has 24 heavy (non-hydrogen) atoms. The number of carbonyl (C=O) groups is 1. The first-order chi connectivity index (χ1) is 11.3. The summed E-state index contributed by atoms with van der Waals surface area (Å²) >= 11 is 0. The summed E-state index contributed by atoms with van der Waals surface area (Å²) in [6.45, 7) is 5.40. The average molecular weight is 331 g/mol. The van der Waals surface area contributed by atoms with Crippen LogP contribution in [0.2, 0.25) is 0 Å². The lowest BCUT2D eigenvalue weighted by Gasteiger charge is -2.26. The first kappa shape index (κ1) is 18.0. The molecule has 0 saturated carbocycles. The minimum atomic E-state index is -0.947. The molecule has 0 spiro atoms. The van der Waals surface area contributed by atoms with Gasteiger partial charge in [-0.1, -0.05) is 30.3 Å². The molecule has 6 heteroatoms. The summed E-state index contributed by atoms with van der Waals surface area (Å²) in [5.41, 5.74) is 0.405. The number of ether oxygens (including phenoxy) is 1. The zero-order chi connectivity index (χ0) is 17.7. The van der Waals surface area contributed by atoms with Gasteiger partial charge in [-0.05, 0) is 32.8 Å². The number of hydrogen-bond donors (Lipinski definition) is 2. The monoisotopic (exact) mass is 331 g/mol. The molecule has 0 aliphatic rings. The van der Waals surface area contributed by atoms with Gasteiger partial charge in [-0.3, -0.25) is 0 Å². The topological polar surface area (TPSA) is 76.4 Å². The van der Waals surface area contributed by atoms with E-state index in [2.05, 4.69) is 10.3 Å². The number of aromatic nitrogens is 2. The molecular weight excluding hydrogens is 306 g/mol. The van der Waals surface area contributed by atoms with Crippen LogP contribution < -0.4 is 5.32 Å². The summed E-state index contributed by atoms with van der Waals surface area (Å²) in [7, 11) is 1.80. The number of aliphatic hydroxyl groups excluding tert-OH is 1. The van der Waals surface area contributed by atoms with Gasteiger partial charge in [0, 0.05) is 19.4 Å². The van der Waals surface area contributed by atoms with Crippen molar-refractivity contribution in [3.05, 3.63) is 54.1 Å². The fourth-order valence-corrected chi connectivity index (χ4v) is 2.41. The van der Waals surface area contributed by atoms with Crippen LogP contribution in [0.1, 0.15) is 38.3 Å². The molecule has 0 aliphatic heterocycles. The Morgan fingerprint density at radius 1 is 1.33 bits per heavy atom. The highest BCUT2D eigenvalue weighted by atomic mass is 16.6. The van der Waals surface area contributed by atoms with Crippen molar-refractivity contribution >= 4 is 6.09 Å². The second kappa shape index (κ2) is 7.49. The van der Waals surface area contributed by atoms with Gasteiger partial charge in [-0.25, -0.2) is 9.78 Å². The Labute approximate surface area is 142 Å². The third-order valence-electron chi connectivity index (χ3n) is 3.50. The van der Waals surface area contributed by atoms with Crippen LogP contribution in [-0.4, -0.2) is 32.4 Å². The molecule has 1 aromatic carbocycles. The SMILES string of the molecule is Cn1ccnc1C(O)C(Cc1ccccc1)NC(=O)OC(C)(C)C.